The maximum Gasteiger partial charge on any atom is 0.233 e. The van der Waals surface area contributed by atoms with Crippen LogP contribution >= 0.6 is 11.8 Å². The molecule has 0 spiro atoms. The third-order valence-electron chi connectivity index (χ3n) is 3.16. The minimum atomic E-state index is 0.0113. The molecule has 122 valence electrons. The first-order valence-electron chi connectivity index (χ1n) is 6.98. The summed E-state index contributed by atoms with van der Waals surface area (Å²) in [5.74, 6) is 1.63. The zero-order valence-corrected chi connectivity index (χ0v) is 14.2. The summed E-state index contributed by atoms with van der Waals surface area (Å²) in [5.41, 5.74) is 0.972. The summed E-state index contributed by atoms with van der Waals surface area (Å²) < 4.78 is 10.5. The Morgan fingerprint density at radius 3 is 2.52 bits per heavy atom. The molecular weight excluding hydrogens is 314 g/mol. The Morgan fingerprint density at radius 2 is 1.87 bits per heavy atom. The molecule has 7 heteroatoms. The van der Waals surface area contributed by atoms with Gasteiger partial charge in [0.2, 0.25) is 5.91 Å². The Balaban J connectivity index is 1.93. The first-order chi connectivity index (χ1) is 11.1. The van der Waals surface area contributed by atoms with Crippen LogP contribution in [0.1, 0.15) is 5.56 Å². The van der Waals surface area contributed by atoms with Crippen LogP contribution in [0.15, 0.2) is 41.8 Å². The molecule has 0 unspecified atom stereocenters. The van der Waals surface area contributed by atoms with Crippen LogP contribution < -0.4 is 9.47 Å². The minimum absolute atomic E-state index is 0.0113. The van der Waals surface area contributed by atoms with Gasteiger partial charge in [0.15, 0.2) is 16.7 Å². The predicted molar refractivity (Wildman–Crippen MR) is 88.8 cm³/mol. The second-order valence-electron chi connectivity index (χ2n) is 4.76. The van der Waals surface area contributed by atoms with E-state index < -0.39 is 0 Å². The van der Waals surface area contributed by atoms with Gasteiger partial charge in [-0.25, -0.2) is 9.97 Å². The summed E-state index contributed by atoms with van der Waals surface area (Å²) in [5, 5.41) is 0.598. The molecule has 23 heavy (non-hydrogen) atoms. The van der Waals surface area contributed by atoms with E-state index in [1.54, 1.807) is 44.6 Å². The molecular formula is C16H19N3O3S. The van der Waals surface area contributed by atoms with Gasteiger partial charge in [-0.1, -0.05) is 17.8 Å². The number of rotatable bonds is 7. The van der Waals surface area contributed by atoms with Gasteiger partial charge in [-0.3, -0.25) is 4.79 Å². The molecule has 0 atom stereocenters. The van der Waals surface area contributed by atoms with Crippen molar-refractivity contribution in [2.45, 2.75) is 11.7 Å². The second-order valence-corrected chi connectivity index (χ2v) is 5.70. The number of thioether (sulfide) groups is 1. The van der Waals surface area contributed by atoms with Crippen molar-refractivity contribution in [1.82, 2.24) is 14.9 Å². The van der Waals surface area contributed by atoms with Crippen molar-refractivity contribution >= 4 is 17.7 Å². The third-order valence-corrected chi connectivity index (χ3v) is 4.02. The van der Waals surface area contributed by atoms with E-state index in [0.717, 1.165) is 5.56 Å². The molecule has 0 saturated heterocycles. The van der Waals surface area contributed by atoms with E-state index in [9.17, 15) is 4.79 Å². The number of hydrogen-bond acceptors (Lipinski definition) is 6. The number of hydrogen-bond donors (Lipinski definition) is 0. The van der Waals surface area contributed by atoms with Crippen LogP contribution in [0.4, 0.5) is 0 Å². The van der Waals surface area contributed by atoms with E-state index in [4.69, 9.17) is 9.47 Å². The van der Waals surface area contributed by atoms with Crippen molar-refractivity contribution in [3.63, 3.8) is 0 Å². The van der Waals surface area contributed by atoms with Gasteiger partial charge in [-0.05, 0) is 23.8 Å². The van der Waals surface area contributed by atoms with E-state index in [-0.39, 0.29) is 5.91 Å². The lowest BCUT2D eigenvalue weighted by Crippen LogP contribution is -2.27. The van der Waals surface area contributed by atoms with Crippen molar-refractivity contribution in [3.8, 4) is 11.5 Å². The molecule has 1 aromatic heterocycles. The maximum absolute atomic E-state index is 12.2. The van der Waals surface area contributed by atoms with Gasteiger partial charge in [-0.2, -0.15) is 0 Å². The van der Waals surface area contributed by atoms with Crippen molar-refractivity contribution in [2.24, 2.45) is 0 Å². The summed E-state index contributed by atoms with van der Waals surface area (Å²) in [6.07, 6.45) is 3.32. The normalized spacial score (nSPS) is 10.2. The van der Waals surface area contributed by atoms with Crippen LogP contribution in [0.25, 0.3) is 0 Å². The first kappa shape index (κ1) is 17.1. The summed E-state index contributed by atoms with van der Waals surface area (Å²) in [6.45, 7) is 0.495. The number of nitrogens with zero attached hydrogens (tertiary/aromatic N) is 3. The van der Waals surface area contributed by atoms with Crippen LogP contribution in [0.3, 0.4) is 0 Å². The first-order valence-corrected chi connectivity index (χ1v) is 7.97. The van der Waals surface area contributed by atoms with E-state index in [1.165, 1.54) is 11.8 Å². The molecule has 1 heterocycles. The van der Waals surface area contributed by atoms with Gasteiger partial charge >= 0.3 is 0 Å². The van der Waals surface area contributed by atoms with Gasteiger partial charge in [-0.15, -0.1) is 0 Å². The van der Waals surface area contributed by atoms with Crippen LogP contribution in [0.5, 0.6) is 11.5 Å². The van der Waals surface area contributed by atoms with Crippen molar-refractivity contribution in [3.05, 3.63) is 42.2 Å². The van der Waals surface area contributed by atoms with E-state index >= 15 is 0 Å². The molecule has 0 fully saturated rings. The highest BCUT2D eigenvalue weighted by Gasteiger charge is 2.12. The Morgan fingerprint density at radius 1 is 1.17 bits per heavy atom. The van der Waals surface area contributed by atoms with E-state index in [2.05, 4.69) is 9.97 Å². The summed E-state index contributed by atoms with van der Waals surface area (Å²) >= 11 is 1.32. The molecule has 1 aromatic carbocycles. The van der Waals surface area contributed by atoms with Gasteiger partial charge < -0.3 is 14.4 Å². The molecule has 2 aromatic rings. The molecule has 0 N–H and O–H groups in total. The van der Waals surface area contributed by atoms with Crippen molar-refractivity contribution in [1.29, 1.82) is 0 Å². The van der Waals surface area contributed by atoms with Gasteiger partial charge in [0.05, 0.1) is 20.0 Å². The second kappa shape index (κ2) is 8.38. The fourth-order valence-electron chi connectivity index (χ4n) is 1.94. The lowest BCUT2D eigenvalue weighted by Gasteiger charge is -2.18. The highest BCUT2D eigenvalue weighted by molar-refractivity contribution is 7.99. The Hall–Kier alpha value is -2.28. The predicted octanol–water partition coefficient (Wildman–Crippen LogP) is 2.24. The lowest BCUT2D eigenvalue weighted by atomic mass is 10.2. The quantitative estimate of drug-likeness (QED) is 0.572. The maximum atomic E-state index is 12.2. The number of benzene rings is 1. The van der Waals surface area contributed by atoms with Gasteiger partial charge in [0.25, 0.3) is 0 Å². The van der Waals surface area contributed by atoms with Crippen LogP contribution in [0, 0.1) is 0 Å². The number of amides is 1. The average molecular weight is 333 g/mol. The zero-order chi connectivity index (χ0) is 16.7. The third kappa shape index (κ3) is 4.85. The van der Waals surface area contributed by atoms with E-state index in [0.29, 0.717) is 29.0 Å². The van der Waals surface area contributed by atoms with Crippen LogP contribution in [-0.4, -0.2) is 47.8 Å². The largest absolute Gasteiger partial charge is 0.493 e. The molecule has 0 saturated carbocycles. The molecule has 0 bridgehead atoms. The molecule has 2 rings (SSSR count). The summed E-state index contributed by atoms with van der Waals surface area (Å²) in [4.78, 5) is 22.0. The highest BCUT2D eigenvalue weighted by Crippen LogP contribution is 2.28. The van der Waals surface area contributed by atoms with Crippen molar-refractivity contribution < 1.29 is 14.3 Å². The number of aromatic nitrogens is 2. The van der Waals surface area contributed by atoms with Crippen LogP contribution in [0.2, 0.25) is 0 Å². The number of carbonyl (C=O) groups is 1. The summed E-state index contributed by atoms with van der Waals surface area (Å²) in [6, 6.07) is 7.36. The van der Waals surface area contributed by atoms with Gasteiger partial charge in [0.1, 0.15) is 0 Å². The van der Waals surface area contributed by atoms with Crippen LogP contribution in [-0.2, 0) is 11.3 Å². The number of carbonyl (C=O) groups excluding carboxylic acids is 1. The zero-order valence-electron chi connectivity index (χ0n) is 13.4. The van der Waals surface area contributed by atoms with Gasteiger partial charge in [0, 0.05) is 26.0 Å². The molecule has 0 aliphatic heterocycles. The Bertz CT molecular complexity index is 652. The standard InChI is InChI=1S/C16H19N3O3S/c1-19(15(20)11-23-16-17-7-4-8-18-16)10-12-5-6-13(21-2)14(9-12)22-3/h4-9H,10-11H2,1-3H3. The van der Waals surface area contributed by atoms with E-state index in [1.807, 2.05) is 18.2 Å². The molecule has 6 nitrogen and oxygen atoms in total. The SMILES string of the molecule is COc1ccc(CN(C)C(=O)CSc2ncccn2)cc1OC. The number of ether oxygens (including phenoxy) is 2. The highest BCUT2D eigenvalue weighted by atomic mass is 32.2. The Labute approximate surface area is 139 Å². The lowest BCUT2D eigenvalue weighted by molar-refractivity contribution is -0.127. The van der Waals surface area contributed by atoms with Crippen molar-refractivity contribution in [2.75, 3.05) is 27.0 Å². The smallest absolute Gasteiger partial charge is 0.233 e. The fourth-order valence-corrected chi connectivity index (χ4v) is 2.68. The molecule has 1 amide bonds. The monoisotopic (exact) mass is 333 g/mol. The average Bonchev–Trinajstić information content (AvgIpc) is 2.60. The molecule has 0 aliphatic rings. The molecule has 0 radical (unpaired) electrons. The minimum Gasteiger partial charge on any atom is -0.493 e. The number of methoxy groups -OCH3 is 2. The fraction of sp³-hybridized carbons (Fsp3) is 0.312. The topological polar surface area (TPSA) is 64.5 Å². The molecule has 0 aliphatic carbocycles. The summed E-state index contributed by atoms with van der Waals surface area (Å²) in [7, 11) is 4.95. The Kier molecular flexibility index (Phi) is 6.22.